The molecule has 0 radical (unpaired) electrons. The molecule has 15 heavy (non-hydrogen) atoms. The Morgan fingerprint density at radius 2 is 2.27 bits per heavy atom. The molecule has 7 heteroatoms. The predicted octanol–water partition coefficient (Wildman–Crippen LogP) is 1.28. The first-order chi connectivity index (χ1) is 7.36. The molecular formula is C8H8BrN5O. The molecule has 2 aromatic rings. The minimum Gasteiger partial charge on any atom is -0.369 e. The van der Waals surface area contributed by atoms with Crippen LogP contribution in [-0.2, 0) is 6.42 Å². The Morgan fingerprint density at radius 3 is 3.00 bits per heavy atom. The standard InChI is InChI=1S/C8H8BrN5O/c9-6-3-10-4-13-8(6)11-2-1-7-12-5-14-15-7/h3-5H,1-2H2,(H,10,11,13). The topological polar surface area (TPSA) is 76.7 Å². The SMILES string of the molecule is Brc1cncnc1NCCc1ncno1. The highest BCUT2D eigenvalue weighted by Gasteiger charge is 2.01. The molecule has 0 aromatic carbocycles. The summed E-state index contributed by atoms with van der Waals surface area (Å²) in [4.78, 5) is 11.8. The zero-order valence-corrected chi connectivity index (χ0v) is 9.31. The molecule has 2 aromatic heterocycles. The van der Waals surface area contributed by atoms with Gasteiger partial charge in [0.2, 0.25) is 5.89 Å². The van der Waals surface area contributed by atoms with E-state index in [0.29, 0.717) is 18.9 Å². The van der Waals surface area contributed by atoms with E-state index < -0.39 is 0 Å². The van der Waals surface area contributed by atoms with Gasteiger partial charge in [0.1, 0.15) is 12.1 Å². The van der Waals surface area contributed by atoms with Gasteiger partial charge in [-0.25, -0.2) is 9.97 Å². The zero-order chi connectivity index (χ0) is 10.5. The number of nitrogens with zero attached hydrogens (tertiary/aromatic N) is 4. The molecule has 0 aliphatic rings. The molecule has 2 rings (SSSR count). The number of anilines is 1. The molecule has 0 saturated carbocycles. The van der Waals surface area contributed by atoms with Crippen LogP contribution >= 0.6 is 15.9 Å². The van der Waals surface area contributed by atoms with Crippen LogP contribution in [0.1, 0.15) is 5.89 Å². The number of halogens is 1. The molecule has 0 fully saturated rings. The fourth-order valence-corrected chi connectivity index (χ4v) is 1.40. The zero-order valence-electron chi connectivity index (χ0n) is 7.72. The molecule has 0 amide bonds. The number of nitrogens with one attached hydrogen (secondary N) is 1. The molecule has 0 atom stereocenters. The maximum atomic E-state index is 4.86. The monoisotopic (exact) mass is 269 g/mol. The van der Waals surface area contributed by atoms with Gasteiger partial charge in [-0.1, -0.05) is 5.16 Å². The molecule has 0 aliphatic heterocycles. The third-order valence-electron chi connectivity index (χ3n) is 1.71. The van der Waals surface area contributed by atoms with Gasteiger partial charge in [-0.3, -0.25) is 0 Å². The van der Waals surface area contributed by atoms with Gasteiger partial charge >= 0.3 is 0 Å². The van der Waals surface area contributed by atoms with Crippen molar-refractivity contribution in [2.24, 2.45) is 0 Å². The summed E-state index contributed by atoms with van der Waals surface area (Å²) in [5.74, 6) is 1.36. The van der Waals surface area contributed by atoms with E-state index in [4.69, 9.17) is 4.52 Å². The van der Waals surface area contributed by atoms with Crippen molar-refractivity contribution in [3.63, 3.8) is 0 Å². The highest BCUT2D eigenvalue weighted by Crippen LogP contribution is 2.16. The molecule has 78 valence electrons. The van der Waals surface area contributed by atoms with Gasteiger partial charge in [-0.2, -0.15) is 4.98 Å². The van der Waals surface area contributed by atoms with Crippen LogP contribution in [0, 0.1) is 0 Å². The van der Waals surface area contributed by atoms with Crippen LogP contribution in [0.15, 0.2) is 27.8 Å². The summed E-state index contributed by atoms with van der Waals surface area (Å²) in [5.41, 5.74) is 0. The van der Waals surface area contributed by atoms with Crippen molar-refractivity contribution in [2.75, 3.05) is 11.9 Å². The normalized spacial score (nSPS) is 10.2. The summed E-state index contributed by atoms with van der Waals surface area (Å²) in [6.45, 7) is 0.678. The highest BCUT2D eigenvalue weighted by atomic mass is 79.9. The Hall–Kier alpha value is -1.50. The van der Waals surface area contributed by atoms with Crippen molar-refractivity contribution >= 4 is 21.7 Å². The summed E-state index contributed by atoms with van der Waals surface area (Å²) >= 11 is 3.34. The van der Waals surface area contributed by atoms with E-state index in [1.165, 1.54) is 12.7 Å². The number of rotatable bonds is 4. The van der Waals surface area contributed by atoms with Crippen LogP contribution in [0.4, 0.5) is 5.82 Å². The van der Waals surface area contributed by atoms with Crippen LogP contribution in [0.3, 0.4) is 0 Å². The summed E-state index contributed by atoms with van der Waals surface area (Å²) in [5, 5.41) is 6.64. The fourth-order valence-electron chi connectivity index (χ4n) is 1.04. The maximum absolute atomic E-state index is 4.86. The van der Waals surface area contributed by atoms with E-state index in [2.05, 4.69) is 41.4 Å². The summed E-state index contributed by atoms with van der Waals surface area (Å²) < 4.78 is 5.69. The van der Waals surface area contributed by atoms with Crippen LogP contribution in [0.25, 0.3) is 0 Å². The first-order valence-corrected chi connectivity index (χ1v) is 5.10. The van der Waals surface area contributed by atoms with Gasteiger partial charge in [0.15, 0.2) is 6.33 Å². The van der Waals surface area contributed by atoms with Crippen molar-refractivity contribution in [3.05, 3.63) is 29.2 Å². The average Bonchev–Trinajstić information content (AvgIpc) is 2.74. The lowest BCUT2D eigenvalue weighted by Gasteiger charge is -2.04. The Labute approximate surface area is 94.3 Å². The summed E-state index contributed by atoms with van der Waals surface area (Å²) in [6, 6.07) is 0. The lowest BCUT2D eigenvalue weighted by atomic mass is 10.4. The Balaban J connectivity index is 1.86. The van der Waals surface area contributed by atoms with Gasteiger partial charge in [-0.05, 0) is 15.9 Å². The van der Waals surface area contributed by atoms with Gasteiger partial charge in [0.25, 0.3) is 0 Å². The Bertz CT molecular complexity index is 419. The van der Waals surface area contributed by atoms with E-state index in [1.807, 2.05) is 0 Å². The Morgan fingerprint density at radius 1 is 1.33 bits per heavy atom. The second kappa shape index (κ2) is 4.83. The second-order valence-corrected chi connectivity index (χ2v) is 3.59. The van der Waals surface area contributed by atoms with Gasteiger partial charge in [0, 0.05) is 19.2 Å². The largest absolute Gasteiger partial charge is 0.369 e. The van der Waals surface area contributed by atoms with Crippen molar-refractivity contribution in [2.45, 2.75) is 6.42 Å². The number of aromatic nitrogens is 4. The molecule has 6 nitrogen and oxygen atoms in total. The molecular weight excluding hydrogens is 262 g/mol. The molecule has 0 unspecified atom stereocenters. The molecule has 2 heterocycles. The van der Waals surface area contributed by atoms with Crippen LogP contribution < -0.4 is 5.32 Å². The first-order valence-electron chi connectivity index (χ1n) is 4.31. The lowest BCUT2D eigenvalue weighted by molar-refractivity contribution is 0.379. The fraction of sp³-hybridized carbons (Fsp3) is 0.250. The van der Waals surface area contributed by atoms with Crippen molar-refractivity contribution < 1.29 is 4.52 Å². The molecule has 0 bridgehead atoms. The van der Waals surface area contributed by atoms with E-state index in [-0.39, 0.29) is 0 Å². The summed E-state index contributed by atoms with van der Waals surface area (Å²) in [6.07, 6.45) is 5.22. The summed E-state index contributed by atoms with van der Waals surface area (Å²) in [7, 11) is 0. The van der Waals surface area contributed by atoms with Crippen molar-refractivity contribution in [1.82, 2.24) is 20.1 Å². The minimum absolute atomic E-state index is 0.604. The molecule has 1 N–H and O–H groups in total. The lowest BCUT2D eigenvalue weighted by Crippen LogP contribution is -2.07. The van der Waals surface area contributed by atoms with Gasteiger partial charge in [-0.15, -0.1) is 0 Å². The van der Waals surface area contributed by atoms with E-state index in [9.17, 15) is 0 Å². The quantitative estimate of drug-likeness (QED) is 0.901. The van der Waals surface area contributed by atoms with Crippen LogP contribution in [0.5, 0.6) is 0 Å². The minimum atomic E-state index is 0.604. The number of hydrogen-bond acceptors (Lipinski definition) is 6. The smallest absolute Gasteiger partial charge is 0.228 e. The van der Waals surface area contributed by atoms with Crippen molar-refractivity contribution in [1.29, 1.82) is 0 Å². The first kappa shape index (κ1) is 10.0. The predicted molar refractivity (Wildman–Crippen MR) is 56.2 cm³/mol. The Kier molecular flexibility index (Phi) is 3.23. The average molecular weight is 270 g/mol. The molecule has 0 spiro atoms. The third-order valence-corrected chi connectivity index (χ3v) is 2.29. The van der Waals surface area contributed by atoms with E-state index >= 15 is 0 Å². The van der Waals surface area contributed by atoms with Crippen LogP contribution in [-0.4, -0.2) is 26.7 Å². The number of hydrogen-bond donors (Lipinski definition) is 1. The molecule has 0 saturated heterocycles. The molecule has 0 aliphatic carbocycles. The van der Waals surface area contributed by atoms with Gasteiger partial charge in [0.05, 0.1) is 4.47 Å². The van der Waals surface area contributed by atoms with Gasteiger partial charge < -0.3 is 9.84 Å². The highest BCUT2D eigenvalue weighted by molar-refractivity contribution is 9.10. The van der Waals surface area contributed by atoms with Crippen LogP contribution in [0.2, 0.25) is 0 Å². The third kappa shape index (κ3) is 2.72. The van der Waals surface area contributed by atoms with Crippen molar-refractivity contribution in [3.8, 4) is 0 Å². The maximum Gasteiger partial charge on any atom is 0.228 e. The van der Waals surface area contributed by atoms with E-state index in [1.54, 1.807) is 6.20 Å². The second-order valence-electron chi connectivity index (χ2n) is 2.73. The van der Waals surface area contributed by atoms with E-state index in [0.717, 1.165) is 10.3 Å².